The van der Waals surface area contributed by atoms with Crippen LogP contribution in [-0.4, -0.2) is 12.5 Å². The minimum absolute atomic E-state index is 0.0195. The highest BCUT2D eigenvalue weighted by Gasteiger charge is 2.15. The first kappa shape index (κ1) is 24.8. The van der Waals surface area contributed by atoms with Crippen LogP contribution in [0.15, 0.2) is 70.7 Å². The number of nitriles is 1. The Morgan fingerprint density at radius 1 is 1.12 bits per heavy atom. The van der Waals surface area contributed by atoms with E-state index < -0.39 is 5.91 Å². The lowest BCUT2D eigenvalue weighted by Crippen LogP contribution is -2.14. The van der Waals surface area contributed by atoms with Crippen molar-refractivity contribution in [2.75, 3.05) is 11.9 Å². The molecule has 0 bridgehead atoms. The van der Waals surface area contributed by atoms with Crippen molar-refractivity contribution in [1.29, 1.82) is 5.26 Å². The van der Waals surface area contributed by atoms with Gasteiger partial charge in [-0.3, -0.25) is 4.79 Å². The summed E-state index contributed by atoms with van der Waals surface area (Å²) in [6.45, 7) is 4.62. The lowest BCUT2D eigenvalue weighted by atomic mass is 10.1. The molecule has 0 radical (unpaired) electrons. The van der Waals surface area contributed by atoms with Crippen LogP contribution in [0.3, 0.4) is 0 Å². The first-order valence-electron chi connectivity index (χ1n) is 10.2. The monoisotopic (exact) mass is 616 g/mol. The second-order valence-corrected chi connectivity index (χ2v) is 9.21. The van der Waals surface area contributed by atoms with E-state index in [1.807, 2.05) is 62.4 Å². The quantitative estimate of drug-likeness (QED) is 0.170. The van der Waals surface area contributed by atoms with Gasteiger partial charge in [-0.25, -0.2) is 0 Å². The summed E-state index contributed by atoms with van der Waals surface area (Å²) < 4.78 is 13.6. The lowest BCUT2D eigenvalue weighted by Gasteiger charge is -2.14. The second-order valence-electron chi connectivity index (χ2n) is 7.11. The van der Waals surface area contributed by atoms with Crippen molar-refractivity contribution in [3.05, 3.63) is 91.0 Å². The summed E-state index contributed by atoms with van der Waals surface area (Å²) in [5.41, 5.74) is 3.23. The minimum Gasteiger partial charge on any atom is -0.490 e. The number of carbonyl (C=O) groups is 1. The number of nitrogens with one attached hydrogen (secondary N) is 1. The number of carbonyl (C=O) groups excluding carboxylic acids is 1. The molecule has 0 aliphatic rings. The molecule has 0 spiro atoms. The van der Waals surface area contributed by atoms with Gasteiger partial charge in [0.2, 0.25) is 0 Å². The van der Waals surface area contributed by atoms with E-state index in [1.54, 1.807) is 18.2 Å². The summed E-state index contributed by atoms with van der Waals surface area (Å²) >= 11 is 5.79. The predicted molar refractivity (Wildman–Crippen MR) is 142 cm³/mol. The Morgan fingerprint density at radius 3 is 2.48 bits per heavy atom. The highest BCUT2D eigenvalue weighted by Crippen LogP contribution is 2.35. The Hall–Kier alpha value is -2.83. The number of benzene rings is 3. The van der Waals surface area contributed by atoms with Crippen molar-refractivity contribution < 1.29 is 14.3 Å². The Balaban J connectivity index is 1.85. The number of rotatable bonds is 8. The average Bonchev–Trinajstić information content (AvgIpc) is 2.80. The van der Waals surface area contributed by atoms with E-state index in [-0.39, 0.29) is 5.57 Å². The molecule has 3 aromatic rings. The zero-order valence-corrected chi connectivity index (χ0v) is 21.9. The molecule has 1 N–H and O–H groups in total. The van der Waals surface area contributed by atoms with Crippen LogP contribution in [-0.2, 0) is 11.4 Å². The van der Waals surface area contributed by atoms with Crippen molar-refractivity contribution in [3.63, 3.8) is 0 Å². The molecule has 1 amide bonds. The Labute approximate surface area is 215 Å². The number of hydrogen-bond acceptors (Lipinski definition) is 4. The van der Waals surface area contributed by atoms with Crippen LogP contribution in [0, 0.1) is 21.8 Å². The Bertz CT molecular complexity index is 1220. The Kier molecular flexibility index (Phi) is 8.92. The number of aryl methyl sites for hydroxylation is 1. The van der Waals surface area contributed by atoms with Crippen molar-refractivity contribution in [3.8, 4) is 17.6 Å². The zero-order valence-electron chi connectivity index (χ0n) is 18.2. The Morgan fingerprint density at radius 2 is 1.82 bits per heavy atom. The first-order chi connectivity index (χ1) is 15.9. The molecule has 0 fully saturated rings. The molecule has 0 heterocycles. The summed E-state index contributed by atoms with van der Waals surface area (Å²) in [7, 11) is 0. The minimum atomic E-state index is -0.476. The van der Waals surface area contributed by atoms with E-state index in [2.05, 4.69) is 43.8 Å². The number of anilines is 1. The third kappa shape index (κ3) is 6.83. The van der Waals surface area contributed by atoms with Crippen molar-refractivity contribution in [2.24, 2.45) is 0 Å². The molecule has 0 atom stereocenters. The summed E-state index contributed by atoms with van der Waals surface area (Å²) in [6.07, 6.45) is 1.53. The number of para-hydroxylation sites is 1. The largest absolute Gasteiger partial charge is 0.490 e. The molecule has 0 saturated heterocycles. The predicted octanol–water partition coefficient (Wildman–Crippen LogP) is 6.89. The van der Waals surface area contributed by atoms with Crippen molar-refractivity contribution in [1.82, 2.24) is 0 Å². The molecular weight excluding hydrogens is 595 g/mol. The average molecular weight is 617 g/mol. The van der Waals surface area contributed by atoms with Gasteiger partial charge < -0.3 is 14.8 Å². The molecule has 0 unspecified atom stereocenters. The second kappa shape index (κ2) is 11.9. The molecule has 168 valence electrons. The van der Waals surface area contributed by atoms with Gasteiger partial charge in [-0.15, -0.1) is 0 Å². The molecule has 5 nitrogen and oxygen atoms in total. The van der Waals surface area contributed by atoms with Crippen LogP contribution in [0.5, 0.6) is 11.5 Å². The topological polar surface area (TPSA) is 71.3 Å². The van der Waals surface area contributed by atoms with Crippen LogP contribution < -0.4 is 14.8 Å². The van der Waals surface area contributed by atoms with Gasteiger partial charge >= 0.3 is 0 Å². The third-order valence-corrected chi connectivity index (χ3v) is 6.13. The van der Waals surface area contributed by atoms with Crippen LogP contribution in [0.1, 0.15) is 23.6 Å². The molecule has 3 rings (SSSR count). The van der Waals surface area contributed by atoms with E-state index in [9.17, 15) is 10.1 Å². The number of hydrogen-bond donors (Lipinski definition) is 1. The van der Waals surface area contributed by atoms with Crippen LogP contribution in [0.25, 0.3) is 6.08 Å². The molecular formula is C26H22BrIN2O3. The van der Waals surface area contributed by atoms with E-state index in [1.165, 1.54) is 6.08 Å². The molecule has 7 heteroatoms. The number of nitrogens with zero attached hydrogens (tertiary/aromatic N) is 1. The summed E-state index contributed by atoms with van der Waals surface area (Å²) in [5.74, 6) is 0.632. The third-order valence-electron chi connectivity index (χ3n) is 4.73. The van der Waals surface area contributed by atoms with Gasteiger partial charge in [0.15, 0.2) is 11.5 Å². The van der Waals surface area contributed by atoms with Gasteiger partial charge in [0, 0.05) is 13.7 Å². The zero-order chi connectivity index (χ0) is 23.8. The maximum absolute atomic E-state index is 12.7. The fourth-order valence-electron chi connectivity index (χ4n) is 2.99. The van der Waals surface area contributed by atoms with E-state index in [0.29, 0.717) is 40.4 Å². The van der Waals surface area contributed by atoms with Gasteiger partial charge in [0.1, 0.15) is 18.2 Å². The number of ether oxygens (including phenoxy) is 2. The first-order valence-corrected chi connectivity index (χ1v) is 12.1. The number of halogens is 2. The van der Waals surface area contributed by atoms with Crippen molar-refractivity contribution >= 4 is 56.2 Å². The van der Waals surface area contributed by atoms with Crippen LogP contribution in [0.4, 0.5) is 5.69 Å². The molecule has 0 aromatic heterocycles. The van der Waals surface area contributed by atoms with Gasteiger partial charge in [-0.05, 0) is 89.5 Å². The SMILES string of the molecule is CCOc1cc(/C=C(\C#N)C(=O)Nc2ccccc2C)c(Br)cc1OCc1ccc(I)cc1. The van der Waals surface area contributed by atoms with E-state index >= 15 is 0 Å². The summed E-state index contributed by atoms with van der Waals surface area (Å²) in [5, 5.41) is 12.4. The normalized spacial score (nSPS) is 10.9. The van der Waals surface area contributed by atoms with E-state index in [4.69, 9.17) is 9.47 Å². The fraction of sp³-hybridized carbons (Fsp3) is 0.154. The highest BCUT2D eigenvalue weighted by atomic mass is 127. The lowest BCUT2D eigenvalue weighted by molar-refractivity contribution is -0.112. The smallest absolute Gasteiger partial charge is 0.266 e. The maximum Gasteiger partial charge on any atom is 0.266 e. The van der Waals surface area contributed by atoms with Gasteiger partial charge in [-0.2, -0.15) is 5.26 Å². The van der Waals surface area contributed by atoms with Gasteiger partial charge in [0.05, 0.1) is 6.61 Å². The number of amides is 1. The van der Waals surface area contributed by atoms with Gasteiger partial charge in [0.25, 0.3) is 5.91 Å². The highest BCUT2D eigenvalue weighted by molar-refractivity contribution is 14.1. The van der Waals surface area contributed by atoms with E-state index in [0.717, 1.165) is 14.7 Å². The summed E-state index contributed by atoms with van der Waals surface area (Å²) in [6, 6.07) is 21.0. The van der Waals surface area contributed by atoms with Crippen LogP contribution >= 0.6 is 38.5 Å². The standard InChI is InChI=1S/C26H22BrIN2O3/c1-3-32-24-13-19(12-20(15-29)26(31)30-23-7-5-4-6-17(23)2)22(27)14-25(24)33-16-18-8-10-21(28)11-9-18/h4-14H,3,16H2,1-2H3,(H,30,31)/b20-12+. The maximum atomic E-state index is 12.7. The molecule has 0 aliphatic carbocycles. The summed E-state index contributed by atoms with van der Waals surface area (Å²) in [4.78, 5) is 12.7. The molecule has 0 saturated carbocycles. The van der Waals surface area contributed by atoms with Gasteiger partial charge in [-0.1, -0.05) is 46.3 Å². The molecule has 3 aromatic carbocycles. The molecule has 0 aliphatic heterocycles. The molecule has 33 heavy (non-hydrogen) atoms. The van der Waals surface area contributed by atoms with Crippen LogP contribution in [0.2, 0.25) is 0 Å². The fourth-order valence-corrected chi connectivity index (χ4v) is 3.79. The van der Waals surface area contributed by atoms with Crippen molar-refractivity contribution in [2.45, 2.75) is 20.5 Å².